The Morgan fingerprint density at radius 1 is 1.19 bits per heavy atom. The van der Waals surface area contributed by atoms with Gasteiger partial charge in [-0.25, -0.2) is 0 Å². The predicted octanol–water partition coefficient (Wildman–Crippen LogP) is 4.49. The van der Waals surface area contributed by atoms with E-state index in [0.29, 0.717) is 11.0 Å². The molecule has 1 heterocycles. The summed E-state index contributed by atoms with van der Waals surface area (Å²) in [4.78, 5) is 13.0. The first-order valence-electron chi connectivity index (χ1n) is 7.72. The zero-order valence-corrected chi connectivity index (χ0v) is 12.9. The molecule has 1 aromatic carbocycles. The Balaban J connectivity index is 1.74. The molecular formula is C16H21ClN2O2. The quantitative estimate of drug-likeness (QED) is 0.469. The fraction of sp³-hybridized carbons (Fsp3) is 0.625. The van der Waals surface area contributed by atoms with Crippen LogP contribution in [0.25, 0.3) is 0 Å². The molecule has 0 atom stereocenters. The van der Waals surface area contributed by atoms with Crippen molar-refractivity contribution in [2.24, 2.45) is 5.41 Å². The molecule has 0 bridgehead atoms. The van der Waals surface area contributed by atoms with Crippen LogP contribution in [0.3, 0.4) is 0 Å². The van der Waals surface area contributed by atoms with Crippen LogP contribution in [0, 0.1) is 15.5 Å². The van der Waals surface area contributed by atoms with Gasteiger partial charge in [-0.15, -0.1) is 11.6 Å². The number of nitrogens with zero attached hydrogens (tertiary/aromatic N) is 2. The van der Waals surface area contributed by atoms with E-state index in [9.17, 15) is 10.1 Å². The van der Waals surface area contributed by atoms with E-state index in [1.54, 1.807) is 6.07 Å². The normalized spacial score (nSPS) is 20.9. The maximum absolute atomic E-state index is 11.0. The van der Waals surface area contributed by atoms with Crippen LogP contribution in [0.15, 0.2) is 18.2 Å². The van der Waals surface area contributed by atoms with Crippen LogP contribution >= 0.6 is 11.6 Å². The molecule has 0 N–H and O–H groups in total. The first kappa shape index (κ1) is 14.6. The number of benzene rings is 1. The van der Waals surface area contributed by atoms with E-state index in [1.807, 2.05) is 12.1 Å². The number of hydrogen-bond acceptors (Lipinski definition) is 3. The van der Waals surface area contributed by atoms with Crippen LogP contribution in [0.5, 0.6) is 0 Å². The standard InChI is InChI=1S/C16H21ClN2O2/c17-12-13-11-14(3-4-15(13)19(20)21)18-9-7-16(8-10-18)5-1-2-6-16/h3-4,11H,1-2,5-10,12H2. The molecule has 1 spiro atoms. The van der Waals surface area contributed by atoms with Gasteiger partial charge >= 0.3 is 0 Å². The number of alkyl halides is 1. The van der Waals surface area contributed by atoms with Crippen LogP contribution in [0.1, 0.15) is 44.1 Å². The second kappa shape index (κ2) is 5.84. The minimum atomic E-state index is -0.356. The van der Waals surface area contributed by atoms with Gasteiger partial charge < -0.3 is 4.90 Å². The fourth-order valence-corrected chi connectivity index (χ4v) is 4.13. The van der Waals surface area contributed by atoms with Crippen molar-refractivity contribution in [3.8, 4) is 0 Å². The van der Waals surface area contributed by atoms with Gasteiger partial charge in [-0.1, -0.05) is 12.8 Å². The first-order chi connectivity index (χ1) is 10.1. The van der Waals surface area contributed by atoms with Crippen molar-refractivity contribution < 1.29 is 4.92 Å². The molecule has 0 aromatic heterocycles. The van der Waals surface area contributed by atoms with E-state index in [1.165, 1.54) is 38.5 Å². The van der Waals surface area contributed by atoms with Crippen molar-refractivity contribution in [3.63, 3.8) is 0 Å². The number of hydrogen-bond donors (Lipinski definition) is 0. The molecule has 5 heteroatoms. The number of piperidine rings is 1. The summed E-state index contributed by atoms with van der Waals surface area (Å²) >= 11 is 5.86. The van der Waals surface area contributed by atoms with E-state index in [4.69, 9.17) is 11.6 Å². The summed E-state index contributed by atoms with van der Waals surface area (Å²) in [6, 6.07) is 5.34. The van der Waals surface area contributed by atoms with Gasteiger partial charge in [0.05, 0.1) is 10.8 Å². The molecule has 1 aliphatic carbocycles. The van der Waals surface area contributed by atoms with E-state index < -0.39 is 0 Å². The van der Waals surface area contributed by atoms with Crippen molar-refractivity contribution in [1.29, 1.82) is 0 Å². The Bertz CT molecular complexity index is 531. The predicted molar refractivity (Wildman–Crippen MR) is 85.0 cm³/mol. The average Bonchev–Trinajstić information content (AvgIpc) is 2.95. The number of nitro groups is 1. The molecule has 1 aliphatic heterocycles. The Kier molecular flexibility index (Phi) is 4.07. The molecule has 1 saturated carbocycles. The smallest absolute Gasteiger partial charge is 0.273 e. The van der Waals surface area contributed by atoms with Gasteiger partial charge in [-0.2, -0.15) is 0 Å². The van der Waals surface area contributed by atoms with Crippen molar-refractivity contribution in [2.45, 2.75) is 44.4 Å². The summed E-state index contributed by atoms with van der Waals surface area (Å²) in [5.74, 6) is 0.182. The molecule has 21 heavy (non-hydrogen) atoms. The molecule has 3 rings (SSSR count). The average molecular weight is 309 g/mol. The highest BCUT2D eigenvalue weighted by Crippen LogP contribution is 2.46. The third-order valence-electron chi connectivity index (χ3n) is 5.26. The van der Waals surface area contributed by atoms with Crippen LogP contribution in [-0.2, 0) is 5.88 Å². The first-order valence-corrected chi connectivity index (χ1v) is 8.25. The molecule has 0 unspecified atom stereocenters. The second-order valence-electron chi connectivity index (χ2n) is 6.40. The molecule has 114 valence electrons. The maximum atomic E-state index is 11.0. The lowest BCUT2D eigenvalue weighted by Crippen LogP contribution is -2.38. The highest BCUT2D eigenvalue weighted by molar-refractivity contribution is 6.17. The molecule has 2 fully saturated rings. The van der Waals surface area contributed by atoms with Gasteiger partial charge in [-0.3, -0.25) is 10.1 Å². The maximum Gasteiger partial charge on any atom is 0.273 e. The topological polar surface area (TPSA) is 46.4 Å². The number of rotatable bonds is 3. The second-order valence-corrected chi connectivity index (χ2v) is 6.67. The van der Waals surface area contributed by atoms with Gasteiger partial charge in [0, 0.05) is 30.4 Å². The van der Waals surface area contributed by atoms with E-state index in [-0.39, 0.29) is 16.5 Å². The number of halogens is 1. The summed E-state index contributed by atoms with van der Waals surface area (Å²) < 4.78 is 0. The molecule has 2 aliphatic rings. The van der Waals surface area contributed by atoms with Gasteiger partial charge in [0.25, 0.3) is 5.69 Å². The van der Waals surface area contributed by atoms with Gasteiger partial charge in [0.2, 0.25) is 0 Å². The van der Waals surface area contributed by atoms with E-state index >= 15 is 0 Å². The molecule has 1 saturated heterocycles. The lowest BCUT2D eigenvalue weighted by atomic mass is 9.77. The summed E-state index contributed by atoms with van der Waals surface area (Å²) in [6.45, 7) is 2.11. The minimum absolute atomic E-state index is 0.123. The summed E-state index contributed by atoms with van der Waals surface area (Å²) in [5, 5.41) is 11.0. The lowest BCUT2D eigenvalue weighted by molar-refractivity contribution is -0.385. The van der Waals surface area contributed by atoms with Gasteiger partial charge in [-0.05, 0) is 43.2 Å². The summed E-state index contributed by atoms with van der Waals surface area (Å²) in [7, 11) is 0. The zero-order valence-electron chi connectivity index (χ0n) is 12.2. The molecule has 4 nitrogen and oxygen atoms in total. The van der Waals surface area contributed by atoms with Crippen LogP contribution in [0.4, 0.5) is 11.4 Å². The van der Waals surface area contributed by atoms with Gasteiger partial charge in [0.15, 0.2) is 0 Å². The van der Waals surface area contributed by atoms with Crippen molar-refractivity contribution in [2.75, 3.05) is 18.0 Å². The van der Waals surface area contributed by atoms with Crippen molar-refractivity contribution in [1.82, 2.24) is 0 Å². The third kappa shape index (κ3) is 2.86. The number of anilines is 1. The molecule has 1 aromatic rings. The Labute approximate surface area is 130 Å². The van der Waals surface area contributed by atoms with Gasteiger partial charge in [0.1, 0.15) is 0 Å². The largest absolute Gasteiger partial charge is 0.371 e. The van der Waals surface area contributed by atoms with Crippen molar-refractivity contribution in [3.05, 3.63) is 33.9 Å². The monoisotopic (exact) mass is 308 g/mol. The third-order valence-corrected chi connectivity index (χ3v) is 5.55. The zero-order chi connectivity index (χ0) is 14.9. The van der Waals surface area contributed by atoms with E-state index in [2.05, 4.69) is 4.90 Å². The molecule has 0 radical (unpaired) electrons. The van der Waals surface area contributed by atoms with Crippen molar-refractivity contribution >= 4 is 23.0 Å². The Morgan fingerprint density at radius 3 is 2.43 bits per heavy atom. The molecule has 0 amide bonds. The Hall–Kier alpha value is -1.29. The van der Waals surface area contributed by atoms with Crippen LogP contribution in [0.2, 0.25) is 0 Å². The SMILES string of the molecule is O=[N+]([O-])c1ccc(N2CCC3(CCCC3)CC2)cc1CCl. The van der Waals surface area contributed by atoms with E-state index in [0.717, 1.165) is 18.8 Å². The summed E-state index contributed by atoms with van der Waals surface area (Å²) in [5.41, 5.74) is 2.40. The lowest BCUT2D eigenvalue weighted by Gasteiger charge is -2.40. The Morgan fingerprint density at radius 2 is 1.86 bits per heavy atom. The highest BCUT2D eigenvalue weighted by Gasteiger charge is 2.37. The minimum Gasteiger partial charge on any atom is -0.371 e. The van der Waals surface area contributed by atoms with Crippen LogP contribution < -0.4 is 4.90 Å². The highest BCUT2D eigenvalue weighted by atomic mass is 35.5. The molecular weight excluding hydrogens is 288 g/mol. The summed E-state index contributed by atoms with van der Waals surface area (Å²) in [6.07, 6.45) is 8.03. The fourth-order valence-electron chi connectivity index (χ4n) is 3.92. The number of nitro benzene ring substituents is 1. The van der Waals surface area contributed by atoms with Crippen LogP contribution in [-0.4, -0.2) is 18.0 Å².